The Balaban J connectivity index is 1.94. The lowest BCUT2D eigenvalue weighted by molar-refractivity contribution is 0.316. The maximum atomic E-state index is 11.0. The van der Waals surface area contributed by atoms with Gasteiger partial charge in [-0.25, -0.2) is 4.31 Å². The van der Waals surface area contributed by atoms with Gasteiger partial charge in [-0.1, -0.05) is 35.5 Å². The summed E-state index contributed by atoms with van der Waals surface area (Å²) in [7, 11) is -1.48. The van der Waals surface area contributed by atoms with E-state index < -0.39 is 11.0 Å². The summed E-state index contributed by atoms with van der Waals surface area (Å²) in [4.78, 5) is 0. The normalized spacial score (nSPS) is 17.5. The van der Waals surface area contributed by atoms with E-state index in [0.29, 0.717) is 30.9 Å². The summed E-state index contributed by atoms with van der Waals surface area (Å²) in [6.45, 7) is 0.761. The molecule has 1 heterocycles. The number of hydrogen-bond donors (Lipinski definition) is 4. The lowest BCUT2D eigenvalue weighted by Gasteiger charge is -2.43. The summed E-state index contributed by atoms with van der Waals surface area (Å²) in [5.74, 6) is 0. The van der Waals surface area contributed by atoms with Gasteiger partial charge >= 0.3 is 0 Å². The summed E-state index contributed by atoms with van der Waals surface area (Å²) < 4.78 is 25.1. The zero-order chi connectivity index (χ0) is 17.9. The van der Waals surface area contributed by atoms with E-state index in [9.17, 15) is 9.11 Å². The first-order chi connectivity index (χ1) is 12.1. The molecule has 0 atom stereocenters. The zero-order valence-electron chi connectivity index (χ0n) is 13.9. The van der Waals surface area contributed by atoms with Gasteiger partial charge in [-0.05, 0) is 42.3 Å². The lowest BCUT2D eigenvalue weighted by atomic mass is 10.2. The van der Waals surface area contributed by atoms with Crippen LogP contribution in [0, 0.1) is 0 Å². The number of fused-ring (bicyclic) bond motifs is 1. The zero-order valence-corrected chi connectivity index (χ0v) is 14.7. The molecule has 0 aromatic heterocycles. The van der Waals surface area contributed by atoms with Crippen molar-refractivity contribution in [2.75, 3.05) is 28.7 Å². The lowest BCUT2D eigenvalue weighted by Crippen LogP contribution is -2.33. The Morgan fingerprint density at radius 1 is 1.04 bits per heavy atom. The molecule has 0 aliphatic carbocycles. The second-order valence-electron chi connectivity index (χ2n) is 5.66. The highest BCUT2D eigenvalue weighted by Crippen LogP contribution is 2.63. The number of nitrogens with one attached hydrogen (secondary N) is 1. The van der Waals surface area contributed by atoms with Crippen molar-refractivity contribution in [1.82, 2.24) is 5.32 Å². The second kappa shape index (κ2) is 7.32. The Bertz CT molecular complexity index is 755. The van der Waals surface area contributed by atoms with Gasteiger partial charge in [0.2, 0.25) is 0 Å². The third-order valence-electron chi connectivity index (χ3n) is 4.03. The SMILES string of the molecule is CNCC(CCN1c2ccccc2N(c2ccccc2)S1(O)O)=NO. The molecule has 4 N–H and O–H groups in total. The average molecular weight is 362 g/mol. The number of nitrogens with zero attached hydrogens (tertiary/aromatic N) is 3. The van der Waals surface area contributed by atoms with Crippen LogP contribution in [0.5, 0.6) is 0 Å². The van der Waals surface area contributed by atoms with Gasteiger partial charge in [0.15, 0.2) is 0 Å². The van der Waals surface area contributed by atoms with Crippen LogP contribution in [0.25, 0.3) is 0 Å². The molecule has 1 aliphatic heterocycles. The van der Waals surface area contributed by atoms with Crippen LogP contribution in [-0.4, -0.2) is 40.2 Å². The standard InChI is InChI=1S/C17H22N4O3S/c1-18-13-14(19-22)11-12-20-16-9-5-6-10-17(16)21(25(20,23)24)15-7-3-2-4-8-15/h2-10,18,22-24H,11-13H2,1H3. The van der Waals surface area contributed by atoms with Crippen LogP contribution in [0.2, 0.25) is 0 Å². The Hall–Kier alpha value is -2.26. The molecule has 0 spiro atoms. The van der Waals surface area contributed by atoms with Crippen LogP contribution in [-0.2, 0) is 0 Å². The highest BCUT2D eigenvalue weighted by atomic mass is 32.3. The molecule has 0 saturated heterocycles. The molecular formula is C17H22N4O3S. The van der Waals surface area contributed by atoms with Gasteiger partial charge in [-0.3, -0.25) is 13.4 Å². The van der Waals surface area contributed by atoms with Crippen LogP contribution in [0.4, 0.5) is 17.1 Å². The second-order valence-corrected chi connectivity index (χ2v) is 7.44. The van der Waals surface area contributed by atoms with Gasteiger partial charge in [0.05, 0.1) is 22.8 Å². The highest BCUT2D eigenvalue weighted by molar-refractivity contribution is 8.27. The van der Waals surface area contributed by atoms with Crippen molar-refractivity contribution in [2.45, 2.75) is 6.42 Å². The largest absolute Gasteiger partial charge is 0.411 e. The first-order valence-corrected chi connectivity index (χ1v) is 9.40. The van der Waals surface area contributed by atoms with Gasteiger partial charge in [0, 0.05) is 19.5 Å². The third-order valence-corrected chi connectivity index (χ3v) is 5.89. The molecule has 25 heavy (non-hydrogen) atoms. The summed E-state index contributed by atoms with van der Waals surface area (Å²) in [6, 6.07) is 16.8. The van der Waals surface area contributed by atoms with Gasteiger partial charge in [0.1, 0.15) is 0 Å². The summed E-state index contributed by atoms with van der Waals surface area (Å²) in [5, 5.41) is 15.3. The number of anilines is 3. The molecule has 8 heteroatoms. The Morgan fingerprint density at radius 3 is 2.32 bits per heavy atom. The van der Waals surface area contributed by atoms with Crippen molar-refractivity contribution in [3.63, 3.8) is 0 Å². The fraction of sp³-hybridized carbons (Fsp3) is 0.235. The predicted octanol–water partition coefficient (Wildman–Crippen LogP) is 3.67. The predicted molar refractivity (Wildman–Crippen MR) is 103 cm³/mol. The molecule has 0 saturated carbocycles. The van der Waals surface area contributed by atoms with Crippen LogP contribution in [0.3, 0.4) is 0 Å². The molecule has 0 unspecified atom stereocenters. The minimum Gasteiger partial charge on any atom is -0.411 e. The molecule has 0 bridgehead atoms. The van der Waals surface area contributed by atoms with Crippen molar-refractivity contribution in [1.29, 1.82) is 0 Å². The molecule has 2 aromatic rings. The first-order valence-electron chi connectivity index (χ1n) is 7.94. The van der Waals surface area contributed by atoms with Gasteiger partial charge in [0.25, 0.3) is 0 Å². The molecule has 2 aromatic carbocycles. The van der Waals surface area contributed by atoms with Crippen molar-refractivity contribution in [3.05, 3.63) is 54.6 Å². The van der Waals surface area contributed by atoms with Crippen molar-refractivity contribution in [3.8, 4) is 0 Å². The van der Waals surface area contributed by atoms with Crippen LogP contribution >= 0.6 is 11.0 Å². The molecule has 0 fully saturated rings. The van der Waals surface area contributed by atoms with E-state index in [4.69, 9.17) is 5.21 Å². The quantitative estimate of drug-likeness (QED) is 0.356. The summed E-state index contributed by atoms with van der Waals surface area (Å²) in [5.41, 5.74) is 2.75. The van der Waals surface area contributed by atoms with E-state index >= 15 is 0 Å². The maximum absolute atomic E-state index is 11.0. The van der Waals surface area contributed by atoms with Crippen molar-refractivity contribution in [2.24, 2.45) is 5.16 Å². The van der Waals surface area contributed by atoms with E-state index in [2.05, 4.69) is 10.5 Å². The van der Waals surface area contributed by atoms with Gasteiger partial charge in [-0.2, -0.15) is 0 Å². The van der Waals surface area contributed by atoms with E-state index in [1.807, 2.05) is 54.6 Å². The molecular weight excluding hydrogens is 340 g/mol. The summed E-state index contributed by atoms with van der Waals surface area (Å²) >= 11 is 0. The highest BCUT2D eigenvalue weighted by Gasteiger charge is 2.41. The average Bonchev–Trinajstić information content (AvgIpc) is 2.85. The van der Waals surface area contributed by atoms with Crippen LogP contribution < -0.4 is 13.9 Å². The molecule has 134 valence electrons. The fourth-order valence-electron chi connectivity index (χ4n) is 2.90. The topological polar surface area (TPSA) is 91.6 Å². The Labute approximate surface area is 148 Å². The number of rotatable bonds is 6. The molecule has 0 amide bonds. The van der Waals surface area contributed by atoms with Gasteiger partial charge in [-0.15, -0.1) is 0 Å². The Morgan fingerprint density at radius 2 is 1.68 bits per heavy atom. The van der Waals surface area contributed by atoms with Crippen LogP contribution in [0.15, 0.2) is 59.8 Å². The number of benzene rings is 2. The number of hydrogen-bond acceptors (Lipinski definition) is 7. The van der Waals surface area contributed by atoms with E-state index in [1.54, 1.807) is 15.7 Å². The van der Waals surface area contributed by atoms with Crippen molar-refractivity contribution >= 4 is 33.7 Å². The third kappa shape index (κ3) is 3.29. The van der Waals surface area contributed by atoms with Gasteiger partial charge < -0.3 is 10.5 Å². The minimum atomic E-state index is -3.25. The molecule has 1 aliphatic rings. The number of para-hydroxylation sites is 3. The summed E-state index contributed by atoms with van der Waals surface area (Å²) in [6.07, 6.45) is 0.407. The molecule has 7 nitrogen and oxygen atoms in total. The van der Waals surface area contributed by atoms with E-state index in [1.165, 1.54) is 0 Å². The number of oxime groups is 1. The first kappa shape index (κ1) is 17.6. The molecule has 3 rings (SSSR count). The van der Waals surface area contributed by atoms with Crippen LogP contribution in [0.1, 0.15) is 6.42 Å². The Kier molecular flexibility index (Phi) is 5.14. The smallest absolute Gasteiger partial charge is 0.0896 e. The van der Waals surface area contributed by atoms with Crippen molar-refractivity contribution < 1.29 is 14.3 Å². The van der Waals surface area contributed by atoms with E-state index in [0.717, 1.165) is 11.4 Å². The minimum absolute atomic E-state index is 0.323. The maximum Gasteiger partial charge on any atom is 0.0896 e. The molecule has 0 radical (unpaired) electrons. The fourth-order valence-corrected chi connectivity index (χ4v) is 4.68. The van der Waals surface area contributed by atoms with E-state index in [-0.39, 0.29) is 0 Å². The monoisotopic (exact) mass is 362 g/mol.